The zero-order valence-corrected chi connectivity index (χ0v) is 10.1. The maximum atomic E-state index is 10.6. The van der Waals surface area contributed by atoms with Crippen LogP contribution in [0.25, 0.3) is 0 Å². The second-order valence-electron chi connectivity index (χ2n) is 4.74. The van der Waals surface area contributed by atoms with Crippen LogP contribution >= 0.6 is 0 Å². The molecule has 2 N–H and O–H groups in total. The second-order valence-corrected chi connectivity index (χ2v) is 4.74. The number of furan rings is 1. The number of aromatic carboxylic acids is 1. The summed E-state index contributed by atoms with van der Waals surface area (Å²) in [5.41, 5.74) is 0. The molecule has 17 heavy (non-hydrogen) atoms. The largest absolute Gasteiger partial charge is 0.475 e. The van der Waals surface area contributed by atoms with Gasteiger partial charge in [-0.1, -0.05) is 19.8 Å². The Morgan fingerprint density at radius 1 is 1.59 bits per heavy atom. The molecule has 1 aromatic rings. The first-order valence-corrected chi connectivity index (χ1v) is 6.24. The van der Waals surface area contributed by atoms with Crippen molar-refractivity contribution in [1.82, 2.24) is 5.32 Å². The van der Waals surface area contributed by atoms with E-state index in [0.29, 0.717) is 18.3 Å². The van der Waals surface area contributed by atoms with Gasteiger partial charge in [-0.05, 0) is 30.9 Å². The van der Waals surface area contributed by atoms with Gasteiger partial charge in [0.05, 0.1) is 6.54 Å². The molecule has 0 saturated heterocycles. The summed E-state index contributed by atoms with van der Waals surface area (Å²) < 4.78 is 5.20. The van der Waals surface area contributed by atoms with E-state index < -0.39 is 5.97 Å². The second kappa shape index (κ2) is 5.36. The average molecular weight is 237 g/mol. The van der Waals surface area contributed by atoms with E-state index in [9.17, 15) is 4.79 Å². The highest BCUT2D eigenvalue weighted by Crippen LogP contribution is 2.34. The molecule has 0 aromatic carbocycles. The minimum absolute atomic E-state index is 0.0111. The highest BCUT2D eigenvalue weighted by Gasteiger charge is 2.24. The fourth-order valence-electron chi connectivity index (χ4n) is 1.98. The van der Waals surface area contributed by atoms with Crippen molar-refractivity contribution in [3.63, 3.8) is 0 Å². The van der Waals surface area contributed by atoms with Crippen LogP contribution in [0.4, 0.5) is 0 Å². The monoisotopic (exact) mass is 237 g/mol. The Bertz CT molecular complexity index is 382. The first kappa shape index (κ1) is 12.2. The van der Waals surface area contributed by atoms with Crippen LogP contribution in [0.3, 0.4) is 0 Å². The van der Waals surface area contributed by atoms with Crippen LogP contribution in [-0.4, -0.2) is 17.1 Å². The molecule has 1 aliphatic rings. The molecule has 0 radical (unpaired) electrons. The van der Waals surface area contributed by atoms with Gasteiger partial charge in [-0.2, -0.15) is 0 Å². The summed E-state index contributed by atoms with van der Waals surface area (Å²) in [7, 11) is 0. The van der Waals surface area contributed by atoms with Gasteiger partial charge in [0.2, 0.25) is 5.76 Å². The molecule has 94 valence electrons. The number of rotatable bonds is 7. The number of carboxylic acid groups (broad SMARTS) is 1. The van der Waals surface area contributed by atoms with Crippen LogP contribution in [0.1, 0.15) is 48.9 Å². The molecule has 2 rings (SSSR count). The van der Waals surface area contributed by atoms with Gasteiger partial charge in [0.1, 0.15) is 5.76 Å². The quantitative estimate of drug-likeness (QED) is 0.765. The van der Waals surface area contributed by atoms with Crippen molar-refractivity contribution < 1.29 is 14.3 Å². The van der Waals surface area contributed by atoms with Gasteiger partial charge in [0.15, 0.2) is 0 Å². The minimum Gasteiger partial charge on any atom is -0.475 e. The number of nitrogens with one attached hydrogen (secondary N) is 1. The average Bonchev–Trinajstić information content (AvgIpc) is 2.99. The first-order valence-electron chi connectivity index (χ1n) is 6.24. The summed E-state index contributed by atoms with van der Waals surface area (Å²) in [6, 6.07) is 3.74. The zero-order valence-electron chi connectivity index (χ0n) is 10.1. The van der Waals surface area contributed by atoms with Crippen molar-refractivity contribution in [3.05, 3.63) is 23.7 Å². The summed E-state index contributed by atoms with van der Waals surface area (Å²) >= 11 is 0. The van der Waals surface area contributed by atoms with Gasteiger partial charge >= 0.3 is 5.97 Å². The standard InChI is InChI=1S/C13H19NO3/c1-2-10(7-9-3-4-9)14-8-11-5-6-12(17-11)13(15)16/h5-6,9-10,14H,2-4,7-8H2,1H3,(H,15,16). The Balaban J connectivity index is 1.80. The molecule has 1 aromatic heterocycles. The molecule has 1 saturated carbocycles. The molecule has 0 spiro atoms. The summed E-state index contributed by atoms with van der Waals surface area (Å²) in [5, 5.41) is 12.2. The molecular weight excluding hydrogens is 218 g/mol. The smallest absolute Gasteiger partial charge is 0.371 e. The Labute approximate surface area is 101 Å². The summed E-state index contributed by atoms with van der Waals surface area (Å²) in [4.78, 5) is 10.6. The van der Waals surface area contributed by atoms with Crippen molar-refractivity contribution in [2.24, 2.45) is 5.92 Å². The zero-order chi connectivity index (χ0) is 12.3. The molecule has 0 bridgehead atoms. The normalized spacial score (nSPS) is 17.0. The third-order valence-electron chi connectivity index (χ3n) is 3.24. The van der Waals surface area contributed by atoms with E-state index in [1.807, 2.05) is 0 Å². The lowest BCUT2D eigenvalue weighted by molar-refractivity contribution is 0.0660. The SMILES string of the molecule is CCC(CC1CC1)NCc1ccc(C(=O)O)o1. The number of carboxylic acids is 1. The molecule has 1 fully saturated rings. The van der Waals surface area contributed by atoms with Crippen molar-refractivity contribution in [2.45, 2.75) is 45.2 Å². The maximum absolute atomic E-state index is 10.6. The van der Waals surface area contributed by atoms with E-state index in [1.54, 1.807) is 6.07 Å². The molecule has 4 heteroatoms. The van der Waals surface area contributed by atoms with Crippen molar-refractivity contribution in [2.75, 3.05) is 0 Å². The number of carbonyl (C=O) groups is 1. The molecule has 0 aliphatic heterocycles. The van der Waals surface area contributed by atoms with Gasteiger partial charge in [-0.3, -0.25) is 0 Å². The predicted molar refractivity (Wildman–Crippen MR) is 63.9 cm³/mol. The lowest BCUT2D eigenvalue weighted by Gasteiger charge is -2.15. The van der Waals surface area contributed by atoms with Crippen LogP contribution in [0.5, 0.6) is 0 Å². The molecule has 1 atom stereocenters. The van der Waals surface area contributed by atoms with Gasteiger partial charge in [-0.15, -0.1) is 0 Å². The predicted octanol–water partition coefficient (Wildman–Crippen LogP) is 2.65. The van der Waals surface area contributed by atoms with Crippen LogP contribution in [0.2, 0.25) is 0 Å². The highest BCUT2D eigenvalue weighted by molar-refractivity contribution is 5.84. The summed E-state index contributed by atoms with van der Waals surface area (Å²) in [6.07, 6.45) is 5.05. The fraction of sp³-hybridized carbons (Fsp3) is 0.615. The lowest BCUT2D eigenvalue weighted by Crippen LogP contribution is -2.28. The third kappa shape index (κ3) is 3.60. The molecule has 0 amide bonds. The Kier molecular flexibility index (Phi) is 3.84. The summed E-state index contributed by atoms with van der Waals surface area (Å²) in [5.74, 6) is 0.591. The first-order chi connectivity index (χ1) is 8.19. The Hall–Kier alpha value is -1.29. The van der Waals surface area contributed by atoms with Crippen LogP contribution in [0.15, 0.2) is 16.5 Å². The minimum atomic E-state index is -1.01. The van der Waals surface area contributed by atoms with Crippen LogP contribution < -0.4 is 5.32 Å². The van der Waals surface area contributed by atoms with E-state index in [1.165, 1.54) is 25.3 Å². The van der Waals surface area contributed by atoms with Crippen LogP contribution in [-0.2, 0) is 6.54 Å². The van der Waals surface area contributed by atoms with E-state index >= 15 is 0 Å². The molecule has 1 heterocycles. The highest BCUT2D eigenvalue weighted by atomic mass is 16.4. The van der Waals surface area contributed by atoms with E-state index in [-0.39, 0.29) is 5.76 Å². The Morgan fingerprint density at radius 3 is 2.88 bits per heavy atom. The van der Waals surface area contributed by atoms with Gasteiger partial charge in [-0.25, -0.2) is 4.79 Å². The van der Waals surface area contributed by atoms with Crippen molar-refractivity contribution in [1.29, 1.82) is 0 Å². The lowest BCUT2D eigenvalue weighted by atomic mass is 10.1. The van der Waals surface area contributed by atoms with E-state index in [2.05, 4.69) is 12.2 Å². The fourth-order valence-corrected chi connectivity index (χ4v) is 1.98. The number of hydrogen-bond acceptors (Lipinski definition) is 3. The molecular formula is C13H19NO3. The topological polar surface area (TPSA) is 62.5 Å². The van der Waals surface area contributed by atoms with Crippen LogP contribution in [0, 0.1) is 5.92 Å². The van der Waals surface area contributed by atoms with Gasteiger partial charge in [0, 0.05) is 6.04 Å². The van der Waals surface area contributed by atoms with E-state index in [0.717, 1.165) is 12.3 Å². The maximum Gasteiger partial charge on any atom is 0.371 e. The third-order valence-corrected chi connectivity index (χ3v) is 3.24. The van der Waals surface area contributed by atoms with Gasteiger partial charge < -0.3 is 14.8 Å². The molecule has 4 nitrogen and oxygen atoms in total. The van der Waals surface area contributed by atoms with Crippen molar-refractivity contribution in [3.8, 4) is 0 Å². The molecule has 1 aliphatic carbocycles. The van der Waals surface area contributed by atoms with Crippen molar-refractivity contribution >= 4 is 5.97 Å². The number of hydrogen-bond donors (Lipinski definition) is 2. The summed E-state index contributed by atoms with van der Waals surface area (Å²) in [6.45, 7) is 2.78. The van der Waals surface area contributed by atoms with E-state index in [4.69, 9.17) is 9.52 Å². The molecule has 1 unspecified atom stereocenters. The Morgan fingerprint density at radius 2 is 2.35 bits per heavy atom. The van der Waals surface area contributed by atoms with Gasteiger partial charge in [0.25, 0.3) is 0 Å².